The van der Waals surface area contributed by atoms with Crippen molar-refractivity contribution in [3.8, 4) is 79.2 Å². The minimum Gasteiger partial charge on any atom is -0.309 e. The van der Waals surface area contributed by atoms with Gasteiger partial charge in [0, 0.05) is 76.4 Å². The zero-order valence-electron chi connectivity index (χ0n) is 55.2. The van der Waals surface area contributed by atoms with Crippen molar-refractivity contribution in [2.24, 2.45) is 0 Å². The second kappa shape index (κ2) is 24.0. The van der Waals surface area contributed by atoms with Gasteiger partial charge in [0.05, 0.1) is 66.6 Å². The molecule has 0 atom stereocenters. The molecule has 0 saturated heterocycles. The average molecular weight is 1300 g/mol. The lowest BCUT2D eigenvalue weighted by Gasteiger charge is -2.12. The number of hydrogen-bond donors (Lipinski definition) is 0. The van der Waals surface area contributed by atoms with Crippen molar-refractivity contribution in [3.05, 3.63) is 364 Å². The highest BCUT2D eigenvalue weighted by Gasteiger charge is 2.22. The van der Waals surface area contributed by atoms with Gasteiger partial charge >= 0.3 is 0 Å². The lowest BCUT2D eigenvalue weighted by atomic mass is 10.0. The molecule has 0 amide bonds. The van der Waals surface area contributed by atoms with Gasteiger partial charge in [-0.25, -0.2) is 19.9 Å². The van der Waals surface area contributed by atoms with E-state index >= 15 is 0 Å². The van der Waals surface area contributed by atoms with E-state index in [1.807, 2.05) is 24.3 Å². The molecule has 8 nitrogen and oxygen atoms in total. The predicted octanol–water partition coefficient (Wildman–Crippen LogP) is 24.0. The molecule has 0 saturated carbocycles. The fraction of sp³-hybridized carbons (Fsp3) is 0. The molecular weight excluding hydrogens is 1240 g/mol. The third-order valence-corrected chi connectivity index (χ3v) is 20.3. The van der Waals surface area contributed by atoms with E-state index in [-0.39, 0.29) is 0 Å². The maximum absolute atomic E-state index is 5.25. The first-order valence-electron chi connectivity index (χ1n) is 34.6. The quantitative estimate of drug-likeness (QED) is 0.144. The van der Waals surface area contributed by atoms with E-state index < -0.39 is 0 Å². The van der Waals surface area contributed by atoms with Gasteiger partial charge in [0.25, 0.3) is 0 Å². The smallest absolute Gasteiger partial charge is 0.235 e. The molecule has 0 fully saturated rings. The predicted molar refractivity (Wildman–Crippen MR) is 424 cm³/mol. The molecule has 0 bridgehead atoms. The van der Waals surface area contributed by atoms with Crippen LogP contribution in [0.15, 0.2) is 364 Å². The third kappa shape index (κ3) is 9.68. The monoisotopic (exact) mass is 1300 g/mol. The third-order valence-electron chi connectivity index (χ3n) is 20.3. The van der Waals surface area contributed by atoms with Crippen LogP contribution in [-0.4, -0.2) is 38.2 Å². The van der Waals surface area contributed by atoms with Crippen LogP contribution in [0.4, 0.5) is 0 Å². The lowest BCUT2D eigenvalue weighted by molar-refractivity contribution is 1.01. The summed E-state index contributed by atoms with van der Waals surface area (Å²) < 4.78 is 9.17. The number of fused-ring (bicyclic) bond motifs is 14. The van der Waals surface area contributed by atoms with Crippen LogP contribution in [0, 0.1) is 0 Å². The standard InChI is InChI=1S/C50H32N4.C44H28N4/c1-3-13-33(14-4-1)34-23-27-38(28-24-34)53-45-21-11-8-17-39(45)42-31-36(25-29-47(42)53)37-26-30-48-43(32-37)40-18-9-12-22-46(40)54(48)50-51-44-20-10-7-19-41(44)49(52-50)35-15-5-2-6-16-35;1-3-13-29(14-4-1)43-35-19-7-10-20-38(35)45-44(46-43)48-40-22-12-9-18-34(40)37-28-31(24-26-42(37)48)30-23-25-41-36(27-30)33-17-8-11-21-39(33)47(41)32-15-5-2-6-16-32/h1-32H;1-28H. The van der Waals surface area contributed by atoms with Crippen molar-refractivity contribution < 1.29 is 0 Å². The van der Waals surface area contributed by atoms with E-state index in [2.05, 4.69) is 358 Å². The number of para-hydroxylation sites is 7. The zero-order chi connectivity index (χ0) is 67.2. The number of nitrogens with zero attached hydrogens (tertiary/aromatic N) is 8. The summed E-state index contributed by atoms with van der Waals surface area (Å²) in [6, 6.07) is 129. The largest absolute Gasteiger partial charge is 0.309 e. The molecule has 0 unspecified atom stereocenters. The van der Waals surface area contributed by atoms with E-state index in [9.17, 15) is 0 Å². The highest BCUT2D eigenvalue weighted by molar-refractivity contribution is 6.15. The molecule has 0 aliphatic heterocycles. The first-order chi connectivity index (χ1) is 50.6. The van der Waals surface area contributed by atoms with Gasteiger partial charge in [-0.3, -0.25) is 9.13 Å². The number of aromatic nitrogens is 8. The van der Waals surface area contributed by atoms with Crippen LogP contribution in [0.2, 0.25) is 0 Å². The first-order valence-corrected chi connectivity index (χ1v) is 34.6. The van der Waals surface area contributed by atoms with Crippen molar-refractivity contribution >= 4 is 109 Å². The summed E-state index contributed by atoms with van der Waals surface area (Å²) in [4.78, 5) is 20.8. The normalized spacial score (nSPS) is 11.7. The van der Waals surface area contributed by atoms with Gasteiger partial charge in [0.15, 0.2) is 0 Å². The summed E-state index contributed by atoms with van der Waals surface area (Å²) >= 11 is 0. The number of benzene rings is 15. The molecule has 6 heterocycles. The van der Waals surface area contributed by atoms with Crippen LogP contribution in [0.3, 0.4) is 0 Å². The van der Waals surface area contributed by atoms with Crippen molar-refractivity contribution in [3.63, 3.8) is 0 Å². The molecule has 476 valence electrons. The summed E-state index contributed by atoms with van der Waals surface area (Å²) in [7, 11) is 0. The van der Waals surface area contributed by atoms with E-state index in [0.29, 0.717) is 11.9 Å². The maximum Gasteiger partial charge on any atom is 0.235 e. The fourth-order valence-corrected chi connectivity index (χ4v) is 15.6. The minimum atomic E-state index is 0.664. The van der Waals surface area contributed by atoms with Gasteiger partial charge in [-0.15, -0.1) is 0 Å². The van der Waals surface area contributed by atoms with Crippen molar-refractivity contribution in [2.75, 3.05) is 0 Å². The van der Waals surface area contributed by atoms with E-state index in [0.717, 1.165) is 77.8 Å². The Morgan fingerprint density at radius 3 is 0.784 bits per heavy atom. The van der Waals surface area contributed by atoms with Crippen molar-refractivity contribution in [1.29, 1.82) is 0 Å². The van der Waals surface area contributed by atoms with Crippen molar-refractivity contribution in [2.45, 2.75) is 0 Å². The summed E-state index contributed by atoms with van der Waals surface area (Å²) in [5.41, 5.74) is 24.4. The Hall–Kier alpha value is -13.8. The van der Waals surface area contributed by atoms with Crippen LogP contribution >= 0.6 is 0 Å². The molecule has 0 radical (unpaired) electrons. The average Bonchev–Trinajstić information content (AvgIpc) is 1.60. The highest BCUT2D eigenvalue weighted by atomic mass is 15.2. The molecule has 15 aromatic carbocycles. The van der Waals surface area contributed by atoms with Crippen LogP contribution in [-0.2, 0) is 0 Å². The molecule has 0 N–H and O–H groups in total. The fourth-order valence-electron chi connectivity index (χ4n) is 15.6. The molecular formula is C94H60N8. The molecule has 0 aliphatic carbocycles. The van der Waals surface area contributed by atoms with E-state index in [1.54, 1.807) is 0 Å². The molecule has 0 aliphatic rings. The molecule has 102 heavy (non-hydrogen) atoms. The van der Waals surface area contributed by atoms with Crippen molar-refractivity contribution in [1.82, 2.24) is 38.2 Å². The molecule has 21 rings (SSSR count). The topological polar surface area (TPSA) is 71.3 Å². The minimum absolute atomic E-state index is 0.664. The van der Waals surface area contributed by atoms with Crippen LogP contribution in [0.5, 0.6) is 0 Å². The van der Waals surface area contributed by atoms with Gasteiger partial charge in [-0.2, -0.15) is 0 Å². The Kier molecular flexibility index (Phi) is 13.7. The summed E-state index contributed by atoms with van der Waals surface area (Å²) in [5.74, 6) is 1.33. The Morgan fingerprint density at radius 1 is 0.157 bits per heavy atom. The lowest BCUT2D eigenvalue weighted by Crippen LogP contribution is -2.03. The molecule has 0 spiro atoms. The molecule has 6 aromatic heterocycles. The second-order valence-electron chi connectivity index (χ2n) is 26.1. The zero-order valence-corrected chi connectivity index (χ0v) is 55.2. The molecule has 8 heteroatoms. The van der Waals surface area contributed by atoms with E-state index in [4.69, 9.17) is 19.9 Å². The second-order valence-corrected chi connectivity index (χ2v) is 26.1. The molecule has 21 aromatic rings. The Bertz CT molecular complexity index is 6850. The van der Waals surface area contributed by atoms with Gasteiger partial charge in [-0.1, -0.05) is 255 Å². The summed E-state index contributed by atoms with van der Waals surface area (Å²) in [6.07, 6.45) is 0. The highest BCUT2D eigenvalue weighted by Crippen LogP contribution is 2.42. The summed E-state index contributed by atoms with van der Waals surface area (Å²) in [6.45, 7) is 0. The maximum atomic E-state index is 5.25. The SMILES string of the molecule is c1ccc(-c2ccc(-n3c4ccccc4c4cc(-c5ccc6c(c5)c5ccccc5n6-c5nc(-c6ccccc6)c6ccccc6n5)ccc43)cc2)cc1.c1ccc(-c2nc(-n3c4ccccc4c4cc(-c5ccc6c(c5)c5ccccc5n6-c5ccccc5)ccc43)nc3ccccc23)cc1. The Labute approximate surface area is 586 Å². The van der Waals surface area contributed by atoms with Gasteiger partial charge in [0.1, 0.15) is 0 Å². The Balaban J connectivity index is 0.000000138. The number of rotatable bonds is 9. The van der Waals surface area contributed by atoms with Crippen LogP contribution in [0.1, 0.15) is 0 Å². The Morgan fingerprint density at radius 2 is 0.412 bits per heavy atom. The van der Waals surface area contributed by atoms with Crippen LogP contribution in [0.25, 0.3) is 188 Å². The first kappa shape index (κ1) is 58.3. The van der Waals surface area contributed by atoms with Crippen LogP contribution < -0.4 is 0 Å². The van der Waals surface area contributed by atoms with Gasteiger partial charge in [-0.05, 0) is 143 Å². The van der Waals surface area contributed by atoms with E-state index in [1.165, 1.54) is 98.5 Å². The summed E-state index contributed by atoms with van der Waals surface area (Å²) in [5, 5.41) is 11.7. The number of hydrogen-bond acceptors (Lipinski definition) is 4. The van der Waals surface area contributed by atoms with Gasteiger partial charge in [0.2, 0.25) is 11.9 Å². The van der Waals surface area contributed by atoms with Gasteiger partial charge < -0.3 is 9.13 Å².